The van der Waals surface area contributed by atoms with Gasteiger partial charge in [-0.15, -0.1) is 0 Å². The molecule has 1 atom stereocenters. The van der Waals surface area contributed by atoms with Gasteiger partial charge < -0.3 is 9.32 Å². The monoisotopic (exact) mass is 300 g/mol. The molecule has 108 valence electrons. The predicted molar refractivity (Wildman–Crippen MR) is 83.6 cm³/mol. The average Bonchev–Trinajstić information content (AvgIpc) is 3.15. The van der Waals surface area contributed by atoms with Gasteiger partial charge in [0.2, 0.25) is 0 Å². The summed E-state index contributed by atoms with van der Waals surface area (Å²) in [5.41, 5.74) is 3.29. The molecule has 1 aromatic carbocycles. The van der Waals surface area contributed by atoms with Gasteiger partial charge in [-0.3, -0.25) is 4.79 Å². The van der Waals surface area contributed by atoms with Crippen LogP contribution in [0.1, 0.15) is 22.8 Å². The van der Waals surface area contributed by atoms with E-state index in [-0.39, 0.29) is 11.9 Å². The second-order valence-electron chi connectivity index (χ2n) is 5.14. The van der Waals surface area contributed by atoms with Gasteiger partial charge in [0, 0.05) is 18.7 Å². The zero-order valence-corrected chi connectivity index (χ0v) is 12.8. The Labute approximate surface area is 127 Å². The Morgan fingerprint density at radius 2 is 2.29 bits per heavy atom. The number of thiophene rings is 1. The maximum atomic E-state index is 12.5. The van der Waals surface area contributed by atoms with E-state index in [1.807, 2.05) is 13.1 Å². The first-order valence-electron chi connectivity index (χ1n) is 6.76. The number of oxazole rings is 1. The topological polar surface area (TPSA) is 46.3 Å². The summed E-state index contributed by atoms with van der Waals surface area (Å²) in [7, 11) is 1.84. The Morgan fingerprint density at radius 1 is 1.43 bits per heavy atom. The van der Waals surface area contributed by atoms with Crippen LogP contribution in [0.5, 0.6) is 0 Å². The molecule has 3 rings (SSSR count). The SMILES string of the molecule is CC(Cc1ccsc1)N(C)C(=O)c1ccc2ncoc2c1. The molecule has 0 fully saturated rings. The number of carbonyl (C=O) groups excluding carboxylic acids is 1. The largest absolute Gasteiger partial charge is 0.443 e. The molecule has 0 radical (unpaired) electrons. The molecule has 1 unspecified atom stereocenters. The van der Waals surface area contributed by atoms with E-state index in [1.54, 1.807) is 28.4 Å². The molecule has 5 heteroatoms. The Morgan fingerprint density at radius 3 is 3.05 bits per heavy atom. The number of rotatable bonds is 4. The highest BCUT2D eigenvalue weighted by Gasteiger charge is 2.18. The number of hydrogen-bond acceptors (Lipinski definition) is 4. The van der Waals surface area contributed by atoms with E-state index < -0.39 is 0 Å². The molecule has 2 heterocycles. The molecule has 1 amide bonds. The predicted octanol–water partition coefficient (Wildman–Crippen LogP) is 3.59. The van der Waals surface area contributed by atoms with Crippen molar-refractivity contribution < 1.29 is 9.21 Å². The van der Waals surface area contributed by atoms with E-state index in [0.717, 1.165) is 11.9 Å². The highest BCUT2D eigenvalue weighted by atomic mass is 32.1. The number of aromatic nitrogens is 1. The summed E-state index contributed by atoms with van der Waals surface area (Å²) in [4.78, 5) is 18.4. The zero-order chi connectivity index (χ0) is 14.8. The van der Waals surface area contributed by atoms with Gasteiger partial charge in [-0.25, -0.2) is 4.98 Å². The van der Waals surface area contributed by atoms with Crippen LogP contribution in [0.25, 0.3) is 11.1 Å². The molecular weight excluding hydrogens is 284 g/mol. The van der Waals surface area contributed by atoms with Crippen LogP contribution in [0.15, 0.2) is 45.8 Å². The number of nitrogens with zero attached hydrogens (tertiary/aromatic N) is 2. The lowest BCUT2D eigenvalue weighted by Crippen LogP contribution is -2.36. The van der Waals surface area contributed by atoms with Crippen molar-refractivity contribution in [2.45, 2.75) is 19.4 Å². The highest BCUT2D eigenvalue weighted by Crippen LogP contribution is 2.17. The quantitative estimate of drug-likeness (QED) is 0.739. The van der Waals surface area contributed by atoms with Gasteiger partial charge in [-0.05, 0) is 53.9 Å². The first-order valence-corrected chi connectivity index (χ1v) is 7.71. The van der Waals surface area contributed by atoms with E-state index >= 15 is 0 Å². The molecular formula is C16H16N2O2S. The van der Waals surface area contributed by atoms with Crippen LogP contribution in [-0.4, -0.2) is 28.9 Å². The minimum atomic E-state index is -0.00368. The summed E-state index contributed by atoms with van der Waals surface area (Å²) >= 11 is 1.68. The lowest BCUT2D eigenvalue weighted by Gasteiger charge is -2.24. The molecule has 3 aromatic rings. The number of benzene rings is 1. The van der Waals surface area contributed by atoms with Crippen LogP contribution < -0.4 is 0 Å². The summed E-state index contributed by atoms with van der Waals surface area (Å²) in [5, 5.41) is 4.18. The molecule has 0 spiro atoms. The van der Waals surface area contributed by atoms with Gasteiger partial charge in [0.1, 0.15) is 5.52 Å². The number of hydrogen-bond donors (Lipinski definition) is 0. The van der Waals surface area contributed by atoms with Crippen molar-refractivity contribution in [3.05, 3.63) is 52.5 Å². The van der Waals surface area contributed by atoms with Gasteiger partial charge >= 0.3 is 0 Å². The molecule has 0 bridgehead atoms. The molecule has 0 saturated carbocycles. The summed E-state index contributed by atoms with van der Waals surface area (Å²) in [6.07, 6.45) is 2.25. The van der Waals surface area contributed by atoms with Crippen LogP contribution >= 0.6 is 11.3 Å². The third kappa shape index (κ3) is 2.83. The maximum Gasteiger partial charge on any atom is 0.253 e. The second-order valence-corrected chi connectivity index (χ2v) is 5.92. The number of amides is 1. The van der Waals surface area contributed by atoms with Crippen LogP contribution in [0, 0.1) is 0 Å². The lowest BCUT2D eigenvalue weighted by molar-refractivity contribution is 0.0743. The summed E-state index contributed by atoms with van der Waals surface area (Å²) < 4.78 is 5.25. The molecule has 4 nitrogen and oxygen atoms in total. The van der Waals surface area contributed by atoms with Crippen LogP contribution in [0.4, 0.5) is 0 Å². The lowest BCUT2D eigenvalue weighted by atomic mass is 10.1. The molecule has 0 aliphatic rings. The van der Waals surface area contributed by atoms with E-state index in [9.17, 15) is 4.79 Å². The maximum absolute atomic E-state index is 12.5. The fourth-order valence-electron chi connectivity index (χ4n) is 2.28. The standard InChI is InChI=1S/C16H16N2O2S/c1-11(7-12-5-6-21-9-12)18(2)16(19)13-3-4-14-15(8-13)20-10-17-14/h3-6,8-11H,7H2,1-2H3. The fraction of sp³-hybridized carbons (Fsp3) is 0.250. The zero-order valence-electron chi connectivity index (χ0n) is 11.9. The van der Waals surface area contributed by atoms with Gasteiger partial charge in [0.05, 0.1) is 0 Å². The Balaban J connectivity index is 1.76. The number of fused-ring (bicyclic) bond motifs is 1. The van der Waals surface area contributed by atoms with E-state index in [4.69, 9.17) is 4.42 Å². The first-order chi connectivity index (χ1) is 10.1. The molecule has 0 aliphatic heterocycles. The summed E-state index contributed by atoms with van der Waals surface area (Å²) in [5.74, 6) is -0.00368. The minimum Gasteiger partial charge on any atom is -0.443 e. The van der Waals surface area contributed by atoms with Crippen molar-refractivity contribution in [3.63, 3.8) is 0 Å². The molecule has 21 heavy (non-hydrogen) atoms. The highest BCUT2D eigenvalue weighted by molar-refractivity contribution is 7.07. The smallest absolute Gasteiger partial charge is 0.253 e. The molecule has 0 aliphatic carbocycles. The van der Waals surface area contributed by atoms with Crippen molar-refractivity contribution in [1.82, 2.24) is 9.88 Å². The number of carbonyl (C=O) groups is 1. The van der Waals surface area contributed by atoms with Crippen molar-refractivity contribution in [2.24, 2.45) is 0 Å². The van der Waals surface area contributed by atoms with Gasteiger partial charge in [-0.1, -0.05) is 0 Å². The summed E-state index contributed by atoms with van der Waals surface area (Å²) in [6.45, 7) is 2.06. The van der Waals surface area contributed by atoms with E-state index in [1.165, 1.54) is 12.0 Å². The van der Waals surface area contributed by atoms with Crippen LogP contribution in [-0.2, 0) is 6.42 Å². The molecule has 2 aromatic heterocycles. The third-order valence-corrected chi connectivity index (χ3v) is 4.40. The molecule has 0 N–H and O–H groups in total. The molecule has 0 saturated heterocycles. The summed E-state index contributed by atoms with van der Waals surface area (Å²) in [6, 6.07) is 7.58. The Kier molecular flexibility index (Phi) is 3.75. The average molecular weight is 300 g/mol. The van der Waals surface area contributed by atoms with Gasteiger partial charge in [-0.2, -0.15) is 11.3 Å². The van der Waals surface area contributed by atoms with E-state index in [2.05, 4.69) is 28.7 Å². The van der Waals surface area contributed by atoms with Crippen LogP contribution in [0.2, 0.25) is 0 Å². The van der Waals surface area contributed by atoms with Crippen molar-refractivity contribution in [1.29, 1.82) is 0 Å². The third-order valence-electron chi connectivity index (χ3n) is 3.67. The Hall–Kier alpha value is -2.14. The van der Waals surface area contributed by atoms with Crippen LogP contribution in [0.3, 0.4) is 0 Å². The van der Waals surface area contributed by atoms with Gasteiger partial charge in [0.15, 0.2) is 12.0 Å². The van der Waals surface area contributed by atoms with Gasteiger partial charge in [0.25, 0.3) is 5.91 Å². The van der Waals surface area contributed by atoms with E-state index in [0.29, 0.717) is 11.1 Å². The first kappa shape index (κ1) is 13.8. The normalized spacial score (nSPS) is 12.5. The Bertz CT molecular complexity index is 749. The second kappa shape index (κ2) is 5.69. The fourth-order valence-corrected chi connectivity index (χ4v) is 2.96. The number of likely N-dealkylation sites (N-methyl/N-ethyl adjacent to an activating group) is 1. The van der Waals surface area contributed by atoms with Crippen molar-refractivity contribution in [2.75, 3.05) is 7.05 Å². The minimum absolute atomic E-state index is 0.00368. The van der Waals surface area contributed by atoms with Crippen molar-refractivity contribution in [3.8, 4) is 0 Å². The van der Waals surface area contributed by atoms with Crippen molar-refractivity contribution >= 4 is 28.3 Å².